The molecule has 0 aliphatic carbocycles. The molecule has 0 saturated carbocycles. The number of aliphatic hydroxyl groups excluding tert-OH is 1. The molecule has 1 aliphatic rings. The number of ether oxygens (including phenoxy) is 1. The first-order valence-corrected chi connectivity index (χ1v) is 12.4. The van der Waals surface area contributed by atoms with Crippen LogP contribution in [0.15, 0.2) is 47.4 Å². The molecule has 8 nitrogen and oxygen atoms in total. The van der Waals surface area contributed by atoms with Crippen molar-refractivity contribution in [3.05, 3.63) is 48.0 Å². The van der Waals surface area contributed by atoms with Crippen LogP contribution in [0.3, 0.4) is 0 Å². The van der Waals surface area contributed by atoms with Gasteiger partial charge in [-0.3, -0.25) is 4.79 Å². The van der Waals surface area contributed by atoms with E-state index in [4.69, 9.17) is 4.74 Å². The number of nitrogens with zero attached hydrogens (tertiary/aromatic N) is 2. The molecular weight excluding hydrogens is 442 g/mol. The number of likely N-dealkylation sites (N-methyl/N-ethyl adjacent to an activating group) is 1. The monoisotopic (exact) mass is 475 g/mol. The van der Waals surface area contributed by atoms with E-state index in [0.29, 0.717) is 12.1 Å². The zero-order valence-electron chi connectivity index (χ0n) is 19.8. The number of carbonyl (C=O) groups is 1. The number of rotatable bonds is 6. The van der Waals surface area contributed by atoms with E-state index in [1.54, 1.807) is 57.4 Å². The SMILES string of the molecule is CNC[C@H]1Oc2cc(-c3cccc(C(=O)N(C)C)c3)ccc2S(=O)(=O)N([C@H](C)CO)C[C@@H]1C. The predicted molar refractivity (Wildman–Crippen MR) is 128 cm³/mol. The van der Waals surface area contributed by atoms with Gasteiger partial charge < -0.3 is 20.1 Å². The lowest BCUT2D eigenvalue weighted by Crippen LogP contribution is -2.49. The summed E-state index contributed by atoms with van der Waals surface area (Å²) in [5.41, 5.74) is 2.07. The summed E-state index contributed by atoms with van der Waals surface area (Å²) in [5, 5.41) is 12.8. The van der Waals surface area contributed by atoms with Crippen molar-refractivity contribution in [2.45, 2.75) is 30.9 Å². The normalized spacial score (nSPS) is 21.3. The largest absolute Gasteiger partial charge is 0.487 e. The Hall–Kier alpha value is -2.46. The number of carbonyl (C=O) groups excluding carboxylic acids is 1. The molecule has 0 spiro atoms. The lowest BCUT2D eigenvalue weighted by molar-refractivity contribution is 0.0827. The van der Waals surface area contributed by atoms with Crippen LogP contribution in [0, 0.1) is 5.92 Å². The molecule has 3 atom stereocenters. The second-order valence-electron chi connectivity index (χ2n) is 8.74. The van der Waals surface area contributed by atoms with Gasteiger partial charge in [0.05, 0.1) is 6.61 Å². The maximum Gasteiger partial charge on any atom is 0.253 e. The summed E-state index contributed by atoms with van der Waals surface area (Å²) >= 11 is 0. The molecule has 0 radical (unpaired) electrons. The van der Waals surface area contributed by atoms with Crippen LogP contribution in [0.1, 0.15) is 24.2 Å². The van der Waals surface area contributed by atoms with Crippen LogP contribution in [-0.4, -0.2) is 81.6 Å². The Kier molecular flexibility index (Phi) is 7.79. The Bertz CT molecular complexity index is 1100. The zero-order valence-corrected chi connectivity index (χ0v) is 20.6. The number of aliphatic hydroxyl groups is 1. The molecule has 2 N–H and O–H groups in total. The van der Waals surface area contributed by atoms with Crippen molar-refractivity contribution in [3.8, 4) is 16.9 Å². The van der Waals surface area contributed by atoms with Crippen LogP contribution < -0.4 is 10.1 Å². The fourth-order valence-corrected chi connectivity index (χ4v) is 5.77. The highest BCUT2D eigenvalue weighted by atomic mass is 32.2. The summed E-state index contributed by atoms with van der Waals surface area (Å²) < 4.78 is 34.7. The molecule has 1 heterocycles. The molecule has 0 bridgehead atoms. The molecule has 2 aromatic carbocycles. The fourth-order valence-electron chi connectivity index (χ4n) is 3.94. The highest BCUT2D eigenvalue weighted by Gasteiger charge is 2.37. The van der Waals surface area contributed by atoms with Crippen molar-refractivity contribution in [3.63, 3.8) is 0 Å². The van der Waals surface area contributed by atoms with Crippen molar-refractivity contribution in [1.29, 1.82) is 0 Å². The molecule has 0 saturated heterocycles. The summed E-state index contributed by atoms with van der Waals surface area (Å²) in [4.78, 5) is 14.0. The third-order valence-corrected chi connectivity index (χ3v) is 7.94. The molecule has 2 aromatic rings. The number of nitrogens with one attached hydrogen (secondary N) is 1. The number of hydrogen-bond donors (Lipinski definition) is 2. The van der Waals surface area contributed by atoms with Crippen molar-refractivity contribution >= 4 is 15.9 Å². The molecule has 3 rings (SSSR count). The van der Waals surface area contributed by atoms with E-state index in [9.17, 15) is 18.3 Å². The van der Waals surface area contributed by atoms with E-state index in [1.165, 1.54) is 9.21 Å². The van der Waals surface area contributed by atoms with Gasteiger partial charge in [0.15, 0.2) is 0 Å². The van der Waals surface area contributed by atoms with Gasteiger partial charge in [-0.25, -0.2) is 8.42 Å². The third kappa shape index (κ3) is 5.22. The van der Waals surface area contributed by atoms with Gasteiger partial charge in [0.2, 0.25) is 10.0 Å². The van der Waals surface area contributed by atoms with Gasteiger partial charge in [-0.05, 0) is 49.4 Å². The van der Waals surface area contributed by atoms with E-state index in [-0.39, 0.29) is 41.7 Å². The van der Waals surface area contributed by atoms with Crippen molar-refractivity contribution in [1.82, 2.24) is 14.5 Å². The topological polar surface area (TPSA) is 99.2 Å². The highest BCUT2D eigenvalue weighted by molar-refractivity contribution is 7.89. The van der Waals surface area contributed by atoms with Crippen LogP contribution >= 0.6 is 0 Å². The van der Waals surface area contributed by atoms with Crippen molar-refractivity contribution in [2.24, 2.45) is 5.92 Å². The Balaban J connectivity index is 2.13. The summed E-state index contributed by atoms with van der Waals surface area (Å²) in [7, 11) is 1.33. The molecule has 0 unspecified atom stereocenters. The summed E-state index contributed by atoms with van der Waals surface area (Å²) in [5.74, 6) is 0.0383. The Morgan fingerprint density at radius 3 is 2.58 bits per heavy atom. The Morgan fingerprint density at radius 1 is 1.24 bits per heavy atom. The Labute approximate surface area is 196 Å². The maximum atomic E-state index is 13.5. The van der Waals surface area contributed by atoms with Gasteiger partial charge in [-0.15, -0.1) is 0 Å². The van der Waals surface area contributed by atoms with E-state index < -0.39 is 16.1 Å². The highest BCUT2D eigenvalue weighted by Crippen LogP contribution is 2.36. The summed E-state index contributed by atoms with van der Waals surface area (Å²) in [6, 6.07) is 11.6. The van der Waals surface area contributed by atoms with Crippen LogP contribution in [0.25, 0.3) is 11.1 Å². The minimum atomic E-state index is -3.89. The number of benzene rings is 2. The van der Waals surface area contributed by atoms with Crippen LogP contribution in [-0.2, 0) is 10.0 Å². The molecule has 1 amide bonds. The van der Waals surface area contributed by atoms with Crippen molar-refractivity contribution in [2.75, 3.05) is 40.8 Å². The smallest absolute Gasteiger partial charge is 0.253 e. The lowest BCUT2D eigenvalue weighted by Gasteiger charge is -2.36. The minimum Gasteiger partial charge on any atom is -0.487 e. The molecule has 1 aliphatic heterocycles. The van der Waals surface area contributed by atoms with Gasteiger partial charge in [0.1, 0.15) is 16.7 Å². The number of sulfonamides is 1. The molecule has 180 valence electrons. The fraction of sp³-hybridized carbons (Fsp3) is 0.458. The van der Waals surface area contributed by atoms with Gasteiger partial charge in [-0.1, -0.05) is 25.1 Å². The minimum absolute atomic E-state index is 0.0695. The van der Waals surface area contributed by atoms with Crippen LogP contribution in [0.5, 0.6) is 5.75 Å². The summed E-state index contributed by atoms with van der Waals surface area (Å²) in [6.45, 7) is 4.15. The second-order valence-corrected chi connectivity index (χ2v) is 10.6. The number of amides is 1. The van der Waals surface area contributed by atoms with Crippen LogP contribution in [0.4, 0.5) is 0 Å². The number of hydrogen-bond acceptors (Lipinski definition) is 6. The van der Waals surface area contributed by atoms with Gasteiger partial charge >= 0.3 is 0 Å². The third-order valence-electron chi connectivity index (χ3n) is 5.92. The quantitative estimate of drug-likeness (QED) is 0.664. The first-order valence-electron chi connectivity index (χ1n) is 11.0. The van der Waals surface area contributed by atoms with Crippen LogP contribution in [0.2, 0.25) is 0 Å². The summed E-state index contributed by atoms with van der Waals surface area (Å²) in [6.07, 6.45) is -0.269. The van der Waals surface area contributed by atoms with Gasteiger partial charge in [-0.2, -0.15) is 4.31 Å². The molecular formula is C24H33N3O5S. The molecule has 0 aromatic heterocycles. The van der Waals surface area contributed by atoms with Gasteiger partial charge in [0, 0.05) is 44.7 Å². The predicted octanol–water partition coefficient (Wildman–Crippen LogP) is 2.04. The van der Waals surface area contributed by atoms with E-state index in [1.807, 2.05) is 20.0 Å². The van der Waals surface area contributed by atoms with Gasteiger partial charge in [0.25, 0.3) is 5.91 Å². The second kappa shape index (κ2) is 10.2. The average molecular weight is 476 g/mol. The number of fused-ring (bicyclic) bond motifs is 1. The van der Waals surface area contributed by atoms with E-state index in [2.05, 4.69) is 5.32 Å². The van der Waals surface area contributed by atoms with Crippen molar-refractivity contribution < 1.29 is 23.1 Å². The Morgan fingerprint density at radius 2 is 1.94 bits per heavy atom. The lowest BCUT2D eigenvalue weighted by atomic mass is 10.0. The first-order chi connectivity index (χ1) is 15.6. The molecule has 0 fully saturated rings. The first kappa shape index (κ1) is 25.2. The molecule has 33 heavy (non-hydrogen) atoms. The van der Waals surface area contributed by atoms with E-state index in [0.717, 1.165) is 11.1 Å². The maximum absolute atomic E-state index is 13.5. The van der Waals surface area contributed by atoms with E-state index >= 15 is 0 Å². The standard InChI is InChI=1S/C24H33N3O5S/c1-16-14-27(17(2)15-28)33(30,31)23-10-9-19(12-21(23)32-22(16)13-25-3)18-7-6-8-20(11-18)24(29)26(4)5/h6-12,16-17,22,25,28H,13-15H2,1-5H3/t16-,17+,22+/m0/s1. The zero-order chi connectivity index (χ0) is 24.3. The molecule has 9 heteroatoms. The average Bonchev–Trinajstić information content (AvgIpc) is 2.80.